The van der Waals surface area contributed by atoms with Gasteiger partial charge in [-0.25, -0.2) is 8.42 Å². The molecule has 11 heteroatoms. The number of fused-ring (bicyclic) bond motifs is 2. The lowest BCUT2D eigenvalue weighted by molar-refractivity contribution is -0.143. The van der Waals surface area contributed by atoms with Gasteiger partial charge in [0, 0.05) is 37.3 Å². The summed E-state index contributed by atoms with van der Waals surface area (Å²) in [6.07, 6.45) is 3.00. The maximum absolute atomic E-state index is 14.3. The summed E-state index contributed by atoms with van der Waals surface area (Å²) >= 11 is 0. The van der Waals surface area contributed by atoms with Crippen molar-refractivity contribution < 1.29 is 27.9 Å². The van der Waals surface area contributed by atoms with E-state index in [2.05, 4.69) is 0 Å². The standard InChI is InChI=1S/C30H36N4O6S/c1-4-33-24-15-7-6-14-23(24)30(29(33)38)25(27(36)28(37)34(30)19-11-16-31(2)3)26(35)21-12-10-13-22(20-21)41(39,40)32-17-8-5-9-18-32/h6-7,10,12-15,20,35H,4-5,8-9,11,16-19H2,1-3H3/b26-25-. The molecule has 3 aliphatic heterocycles. The predicted octanol–water partition coefficient (Wildman–Crippen LogP) is 2.76. The van der Waals surface area contributed by atoms with Gasteiger partial charge in [0.1, 0.15) is 5.76 Å². The molecule has 5 rings (SSSR count). The second-order valence-corrected chi connectivity index (χ2v) is 12.9. The molecule has 218 valence electrons. The molecule has 1 spiro atoms. The van der Waals surface area contributed by atoms with Crippen molar-refractivity contribution >= 4 is 39.1 Å². The first-order chi connectivity index (χ1) is 19.6. The van der Waals surface area contributed by atoms with Crippen LogP contribution in [0.15, 0.2) is 59.0 Å². The third-order valence-electron chi connectivity index (χ3n) is 8.17. The smallest absolute Gasteiger partial charge is 0.296 e. The van der Waals surface area contributed by atoms with E-state index < -0.39 is 38.9 Å². The van der Waals surface area contributed by atoms with Gasteiger partial charge in [-0.2, -0.15) is 4.31 Å². The van der Waals surface area contributed by atoms with Crippen LogP contribution in [0.3, 0.4) is 0 Å². The Morgan fingerprint density at radius 3 is 2.39 bits per heavy atom. The lowest BCUT2D eigenvalue weighted by Crippen LogP contribution is -2.52. The van der Waals surface area contributed by atoms with Gasteiger partial charge in [0.2, 0.25) is 10.0 Å². The molecule has 2 aromatic rings. The summed E-state index contributed by atoms with van der Waals surface area (Å²) in [5.41, 5.74) is -1.15. The minimum absolute atomic E-state index is 0.0222. The van der Waals surface area contributed by atoms with Gasteiger partial charge >= 0.3 is 0 Å². The third-order valence-corrected chi connectivity index (χ3v) is 10.1. The number of aliphatic hydroxyl groups excluding tert-OH is 1. The minimum Gasteiger partial charge on any atom is -0.507 e. The number of sulfonamides is 1. The number of nitrogens with zero attached hydrogens (tertiary/aromatic N) is 4. The van der Waals surface area contributed by atoms with E-state index in [1.54, 1.807) is 31.2 Å². The highest BCUT2D eigenvalue weighted by molar-refractivity contribution is 7.89. The Morgan fingerprint density at radius 2 is 1.71 bits per heavy atom. The average Bonchev–Trinajstić information content (AvgIpc) is 3.35. The molecule has 3 aliphatic rings. The highest BCUT2D eigenvalue weighted by atomic mass is 32.2. The first kappa shape index (κ1) is 29.0. The Morgan fingerprint density at radius 1 is 1.00 bits per heavy atom. The summed E-state index contributed by atoms with van der Waals surface area (Å²) in [5.74, 6) is -2.92. The molecule has 0 radical (unpaired) electrons. The summed E-state index contributed by atoms with van der Waals surface area (Å²) in [6, 6.07) is 12.7. The molecule has 10 nitrogen and oxygen atoms in total. The van der Waals surface area contributed by atoms with Crippen LogP contribution in [-0.2, 0) is 29.9 Å². The number of carbonyl (C=O) groups excluding carboxylic acids is 3. The molecule has 1 atom stereocenters. The molecule has 2 aromatic carbocycles. The van der Waals surface area contributed by atoms with Crippen LogP contribution in [0.2, 0.25) is 0 Å². The maximum atomic E-state index is 14.3. The minimum atomic E-state index is -3.84. The van der Waals surface area contributed by atoms with Gasteiger partial charge in [0.25, 0.3) is 17.6 Å². The zero-order valence-corrected chi connectivity index (χ0v) is 24.5. The average molecular weight is 581 g/mol. The Balaban J connectivity index is 1.70. The molecule has 0 aromatic heterocycles. The zero-order valence-electron chi connectivity index (χ0n) is 23.7. The molecule has 2 saturated heterocycles. The second kappa shape index (κ2) is 11.0. The lowest BCUT2D eigenvalue weighted by Gasteiger charge is -2.34. The van der Waals surface area contributed by atoms with Gasteiger partial charge in [-0.05, 0) is 65.0 Å². The number of anilines is 1. The summed E-state index contributed by atoms with van der Waals surface area (Å²) < 4.78 is 28.2. The number of para-hydroxylation sites is 1. The topological polar surface area (TPSA) is 119 Å². The van der Waals surface area contributed by atoms with Crippen molar-refractivity contribution in [1.29, 1.82) is 0 Å². The Labute approximate surface area is 240 Å². The molecule has 3 heterocycles. The van der Waals surface area contributed by atoms with E-state index in [9.17, 15) is 27.9 Å². The molecule has 1 unspecified atom stereocenters. The first-order valence-corrected chi connectivity index (χ1v) is 15.5. The molecular formula is C30H36N4O6S. The molecule has 0 bridgehead atoms. The van der Waals surface area contributed by atoms with Crippen LogP contribution in [0.4, 0.5) is 5.69 Å². The monoisotopic (exact) mass is 580 g/mol. The highest BCUT2D eigenvalue weighted by Crippen LogP contribution is 2.53. The molecule has 41 heavy (non-hydrogen) atoms. The molecule has 0 aliphatic carbocycles. The van der Waals surface area contributed by atoms with Gasteiger partial charge in [0.05, 0.1) is 16.2 Å². The summed E-state index contributed by atoms with van der Waals surface area (Å²) in [5, 5.41) is 11.8. The van der Waals surface area contributed by atoms with Crippen LogP contribution in [0.5, 0.6) is 0 Å². The number of likely N-dealkylation sites (N-methyl/N-ethyl adjacent to an activating group) is 1. The fourth-order valence-corrected chi connectivity index (χ4v) is 7.79. The number of rotatable bonds is 8. The lowest BCUT2D eigenvalue weighted by atomic mass is 9.82. The molecular weight excluding hydrogens is 544 g/mol. The van der Waals surface area contributed by atoms with E-state index >= 15 is 0 Å². The molecule has 2 fully saturated rings. The van der Waals surface area contributed by atoms with E-state index in [0.29, 0.717) is 43.9 Å². The van der Waals surface area contributed by atoms with Crippen LogP contribution in [0.25, 0.3) is 5.76 Å². The zero-order chi connectivity index (χ0) is 29.5. The Kier molecular flexibility index (Phi) is 7.80. The number of benzene rings is 2. The summed E-state index contributed by atoms with van der Waals surface area (Å²) in [6.45, 7) is 3.65. The van der Waals surface area contributed by atoms with Gasteiger partial charge in [-0.3, -0.25) is 14.4 Å². The van der Waals surface area contributed by atoms with Gasteiger partial charge in [-0.1, -0.05) is 36.8 Å². The fraction of sp³-hybridized carbons (Fsp3) is 0.433. The quantitative estimate of drug-likeness (QED) is 0.290. The number of aliphatic hydroxyl groups is 1. The number of amides is 2. The number of Topliss-reactive ketones (excluding diaryl/α,β-unsaturated/α-hetero) is 1. The molecule has 1 N–H and O–H groups in total. The van der Waals surface area contributed by atoms with Crippen molar-refractivity contribution in [3.8, 4) is 0 Å². The summed E-state index contributed by atoms with van der Waals surface area (Å²) in [4.78, 5) is 46.4. The molecule has 0 saturated carbocycles. The third kappa shape index (κ3) is 4.56. The normalized spacial score (nSPS) is 22.8. The number of likely N-dealkylation sites (tertiary alicyclic amines) is 1. The maximum Gasteiger partial charge on any atom is 0.296 e. The van der Waals surface area contributed by atoms with Gasteiger partial charge in [-0.15, -0.1) is 0 Å². The van der Waals surface area contributed by atoms with E-state index in [0.717, 1.165) is 19.3 Å². The Bertz CT molecular complexity index is 1530. The van der Waals surface area contributed by atoms with Crippen molar-refractivity contribution in [3.05, 3.63) is 65.2 Å². The van der Waals surface area contributed by atoms with E-state index in [1.165, 1.54) is 38.4 Å². The van der Waals surface area contributed by atoms with Crippen LogP contribution in [0.1, 0.15) is 43.7 Å². The number of ketones is 1. The number of hydrogen-bond donors (Lipinski definition) is 1. The van der Waals surface area contributed by atoms with Crippen molar-refractivity contribution in [2.45, 2.75) is 43.0 Å². The highest BCUT2D eigenvalue weighted by Gasteiger charge is 2.66. The number of hydrogen-bond acceptors (Lipinski definition) is 7. The van der Waals surface area contributed by atoms with Crippen molar-refractivity contribution in [2.75, 3.05) is 51.7 Å². The van der Waals surface area contributed by atoms with E-state index in [1.807, 2.05) is 19.0 Å². The van der Waals surface area contributed by atoms with Gasteiger partial charge < -0.3 is 19.8 Å². The van der Waals surface area contributed by atoms with E-state index in [-0.39, 0.29) is 22.6 Å². The van der Waals surface area contributed by atoms with Crippen molar-refractivity contribution in [2.24, 2.45) is 0 Å². The number of piperidine rings is 1. The van der Waals surface area contributed by atoms with Crippen molar-refractivity contribution in [3.63, 3.8) is 0 Å². The fourth-order valence-electron chi connectivity index (χ4n) is 6.23. The molecule has 2 amide bonds. The largest absolute Gasteiger partial charge is 0.507 e. The van der Waals surface area contributed by atoms with Gasteiger partial charge in [0.15, 0.2) is 5.54 Å². The first-order valence-electron chi connectivity index (χ1n) is 14.0. The second-order valence-electron chi connectivity index (χ2n) is 10.9. The Hall–Kier alpha value is -3.54. The predicted molar refractivity (Wildman–Crippen MR) is 155 cm³/mol. The summed E-state index contributed by atoms with van der Waals surface area (Å²) in [7, 11) is -0.0539. The van der Waals surface area contributed by atoms with Crippen LogP contribution in [0, 0.1) is 0 Å². The SMILES string of the molecule is CCN1C(=O)C2(/C(=C(\O)c3cccc(S(=O)(=O)N4CCCCC4)c3)C(=O)C(=O)N2CCCN(C)C)c2ccccc21. The van der Waals surface area contributed by atoms with Crippen LogP contribution < -0.4 is 4.90 Å². The number of carbonyl (C=O) groups is 3. The van der Waals surface area contributed by atoms with Crippen LogP contribution in [-0.4, -0.2) is 92.0 Å². The van der Waals surface area contributed by atoms with Crippen molar-refractivity contribution in [1.82, 2.24) is 14.1 Å². The van der Waals surface area contributed by atoms with E-state index in [4.69, 9.17) is 0 Å². The van der Waals surface area contributed by atoms with Crippen LogP contribution >= 0.6 is 0 Å².